The molecule has 2 fully saturated rings. The normalized spacial score (nSPS) is 22.5. The average molecular weight is 1090 g/mol. The molecule has 438 valence electrons. The molecule has 0 bridgehead atoms. The molecule has 0 radical (unpaired) electrons. The molecule has 2 aliphatic heterocycles. The van der Waals surface area contributed by atoms with Crippen LogP contribution in [0.3, 0.4) is 0 Å². The fourth-order valence-corrected chi connectivity index (χ4v) is 9.43. The number of likely N-dealkylation sites (tertiary alicyclic amines) is 1. The van der Waals surface area contributed by atoms with Gasteiger partial charge in [0.25, 0.3) is 0 Å². The first-order chi connectivity index (χ1) is 36.2. The topological polar surface area (TPSA) is 276 Å². The van der Waals surface area contributed by atoms with Crippen LogP contribution in [0, 0.1) is 16.7 Å². The third-order valence-electron chi connectivity index (χ3n) is 14.1. The Morgan fingerprint density at radius 3 is 1.62 bits per heavy atom. The van der Waals surface area contributed by atoms with Crippen molar-refractivity contribution in [3.63, 3.8) is 0 Å². The minimum absolute atomic E-state index is 0.0363. The van der Waals surface area contributed by atoms with Gasteiger partial charge in [-0.05, 0) is 52.4 Å². The number of methoxy groups -OCH3 is 1. The summed E-state index contributed by atoms with van der Waals surface area (Å²) in [6.07, 6.45) is -0.00167. The lowest BCUT2D eigenvalue weighted by molar-refractivity contribution is -0.262. The van der Waals surface area contributed by atoms with Crippen molar-refractivity contribution in [1.82, 2.24) is 15.5 Å². The van der Waals surface area contributed by atoms with Gasteiger partial charge in [0.05, 0.1) is 52.9 Å². The van der Waals surface area contributed by atoms with Gasteiger partial charge in [0.15, 0.2) is 6.29 Å². The van der Waals surface area contributed by atoms with Gasteiger partial charge in [-0.3, -0.25) is 38.4 Å². The molecule has 22 nitrogen and oxygen atoms in total. The number of aliphatic hydroxyl groups is 1. The van der Waals surface area contributed by atoms with Crippen LogP contribution in [0.15, 0.2) is 0 Å². The highest BCUT2D eigenvalue weighted by Gasteiger charge is 2.53. The smallest absolute Gasteiger partial charge is 0.302 e. The van der Waals surface area contributed by atoms with Crippen LogP contribution < -0.4 is 10.6 Å². The van der Waals surface area contributed by atoms with Crippen LogP contribution in [0.25, 0.3) is 0 Å². The second-order valence-electron chi connectivity index (χ2n) is 20.5. The highest BCUT2D eigenvalue weighted by Crippen LogP contribution is 2.46. The highest BCUT2D eigenvalue weighted by atomic mass is 16.7. The van der Waals surface area contributed by atoms with E-state index in [1.54, 1.807) is 18.9 Å². The van der Waals surface area contributed by atoms with Crippen molar-refractivity contribution in [2.24, 2.45) is 16.7 Å². The summed E-state index contributed by atoms with van der Waals surface area (Å²) in [7, 11) is 1.56. The molecule has 1 unspecified atom stereocenters. The van der Waals surface area contributed by atoms with Gasteiger partial charge in [-0.2, -0.15) is 0 Å². The summed E-state index contributed by atoms with van der Waals surface area (Å²) < 4.78 is 55.9. The largest absolute Gasteiger partial charge is 0.463 e. The molecule has 7 atom stereocenters. The van der Waals surface area contributed by atoms with Crippen LogP contribution in [0.2, 0.25) is 0 Å². The summed E-state index contributed by atoms with van der Waals surface area (Å²) >= 11 is 0. The lowest BCUT2D eigenvalue weighted by Gasteiger charge is -2.44. The molecule has 0 saturated carbocycles. The zero-order valence-electron chi connectivity index (χ0n) is 47.1. The Balaban J connectivity index is 1.95. The first-order valence-corrected chi connectivity index (χ1v) is 27.1. The van der Waals surface area contributed by atoms with Gasteiger partial charge in [0.2, 0.25) is 17.7 Å². The minimum Gasteiger partial charge on any atom is -0.463 e. The number of hydrogen-bond acceptors (Lipinski definition) is 19. The van der Waals surface area contributed by atoms with Crippen molar-refractivity contribution in [3.8, 4) is 0 Å². The molecule has 2 saturated heterocycles. The standard InChI is InChI=1S/C54H93N3O19/c1-10-68-24-12-15-43(62)18-21-54(22-19-44(63)16-13-25-69-11-2,56-47(65)33-48(66)57-35-52(7,37-58)53(8,36-57)38-67-9)23-20-45(64)17-14-26-70-27-28-71-29-30-72-31-32-73-51-49(55-40(4)59)50(75-42(6)61)39(3)46(76-51)34-74-41(5)60/h39,46,49-51,58H,10-38H2,1-9H3,(H,55,59)(H,56,65)/t39-,46+,49+,50-,51?,52-,53+/m0/s1. The van der Waals surface area contributed by atoms with E-state index < -0.39 is 77.0 Å². The molecule has 2 rings (SSSR count). The molecular formula is C54H93N3O19. The van der Waals surface area contributed by atoms with Crippen LogP contribution in [0.1, 0.15) is 139 Å². The van der Waals surface area contributed by atoms with Gasteiger partial charge in [0.1, 0.15) is 48.6 Å². The average Bonchev–Trinajstić information content (AvgIpc) is 3.64. The number of aliphatic hydroxyl groups excluding tert-OH is 1. The predicted molar refractivity (Wildman–Crippen MR) is 277 cm³/mol. The van der Waals surface area contributed by atoms with Crippen molar-refractivity contribution in [3.05, 3.63) is 0 Å². The molecule has 0 spiro atoms. The molecule has 0 aromatic carbocycles. The maximum atomic E-state index is 13.9. The van der Waals surface area contributed by atoms with E-state index in [4.69, 9.17) is 47.4 Å². The van der Waals surface area contributed by atoms with Gasteiger partial charge in [-0.25, -0.2) is 0 Å². The van der Waals surface area contributed by atoms with Crippen LogP contribution in [0.4, 0.5) is 0 Å². The summed E-state index contributed by atoms with van der Waals surface area (Å²) in [6.45, 7) is 17.2. The Labute approximate surface area is 450 Å². The molecule has 76 heavy (non-hydrogen) atoms. The van der Waals surface area contributed by atoms with Crippen molar-refractivity contribution in [2.45, 2.75) is 169 Å². The van der Waals surface area contributed by atoms with E-state index in [-0.39, 0.29) is 154 Å². The van der Waals surface area contributed by atoms with E-state index in [0.717, 1.165) is 0 Å². The van der Waals surface area contributed by atoms with Crippen LogP contribution in [-0.4, -0.2) is 200 Å². The number of Topliss-reactive ketones (excluding diaryl/α,β-unsaturated/α-hetero) is 3. The summed E-state index contributed by atoms with van der Waals surface area (Å²) in [5.74, 6) is -3.03. The number of esters is 2. The molecule has 3 N–H and O–H groups in total. The summed E-state index contributed by atoms with van der Waals surface area (Å²) in [5, 5.41) is 16.1. The SMILES string of the molecule is CCOCCCC(=O)CCC(CCC(=O)CCCOCC)(CCC(=O)CCCOCCOCCOCCOC1O[C@H](COC(C)=O)[C@H](C)[C@H](OC(C)=O)[C@H]1NC(C)=O)NC(=O)CC(=O)N1C[C@](C)(COC)[C@](C)(CO)C1. The Bertz CT molecular complexity index is 1760. The van der Waals surface area contributed by atoms with E-state index in [9.17, 15) is 43.5 Å². The number of rotatable bonds is 43. The van der Waals surface area contributed by atoms with E-state index in [1.165, 1.54) is 20.8 Å². The first-order valence-electron chi connectivity index (χ1n) is 27.1. The number of hydrogen-bond donors (Lipinski definition) is 3. The number of carbonyl (C=O) groups is 8. The minimum atomic E-state index is -1.13. The van der Waals surface area contributed by atoms with E-state index in [1.807, 2.05) is 27.7 Å². The van der Waals surface area contributed by atoms with E-state index >= 15 is 0 Å². The Morgan fingerprint density at radius 2 is 1.16 bits per heavy atom. The molecular weight excluding hydrogens is 995 g/mol. The number of nitrogens with zero attached hydrogens (tertiary/aromatic N) is 1. The maximum Gasteiger partial charge on any atom is 0.302 e. The summed E-state index contributed by atoms with van der Waals surface area (Å²) in [4.78, 5) is 105. The number of amides is 3. The fraction of sp³-hybridized carbons (Fsp3) is 0.852. The first kappa shape index (κ1) is 68.1. The van der Waals surface area contributed by atoms with Gasteiger partial charge < -0.3 is 68.0 Å². The molecule has 0 aromatic heterocycles. The Morgan fingerprint density at radius 1 is 0.671 bits per heavy atom. The molecule has 2 aliphatic rings. The lowest BCUT2D eigenvalue weighted by atomic mass is 9.69. The summed E-state index contributed by atoms with van der Waals surface area (Å²) in [6, 6.07) is -0.828. The van der Waals surface area contributed by atoms with Crippen molar-refractivity contribution >= 4 is 47.0 Å². The van der Waals surface area contributed by atoms with Crippen molar-refractivity contribution in [2.75, 3.05) is 113 Å². The highest BCUT2D eigenvalue weighted by molar-refractivity contribution is 5.97. The Kier molecular flexibility index (Phi) is 33.1. The monoisotopic (exact) mass is 1090 g/mol. The van der Waals surface area contributed by atoms with Crippen LogP contribution >= 0.6 is 0 Å². The van der Waals surface area contributed by atoms with Gasteiger partial charge in [-0.1, -0.05) is 20.8 Å². The van der Waals surface area contributed by atoms with E-state index in [0.29, 0.717) is 52.3 Å². The molecule has 0 aliphatic carbocycles. The number of carbonyl (C=O) groups excluding carboxylic acids is 8. The number of ether oxygens (including phenoxy) is 10. The number of nitrogens with one attached hydrogen (secondary N) is 2. The van der Waals surface area contributed by atoms with Gasteiger partial charge in [0, 0.05) is 135 Å². The lowest BCUT2D eigenvalue weighted by Crippen LogP contribution is -2.63. The number of ketones is 3. The maximum absolute atomic E-state index is 13.9. The molecule has 22 heteroatoms. The van der Waals surface area contributed by atoms with Gasteiger partial charge >= 0.3 is 11.9 Å². The second-order valence-corrected chi connectivity index (χ2v) is 20.5. The van der Waals surface area contributed by atoms with E-state index in [2.05, 4.69) is 10.6 Å². The molecule has 3 amide bonds. The zero-order chi connectivity index (χ0) is 56.6. The fourth-order valence-electron chi connectivity index (χ4n) is 9.43. The summed E-state index contributed by atoms with van der Waals surface area (Å²) in [5.41, 5.74) is -2.34. The van der Waals surface area contributed by atoms with Crippen LogP contribution in [0.5, 0.6) is 0 Å². The third kappa shape index (κ3) is 25.6. The Hall–Kier alpha value is -4.00. The quantitative estimate of drug-likeness (QED) is 0.0447. The second kappa shape index (κ2) is 37.0. The molecule has 0 aromatic rings. The van der Waals surface area contributed by atoms with Crippen LogP contribution in [-0.2, 0) is 85.7 Å². The zero-order valence-corrected chi connectivity index (χ0v) is 47.1. The third-order valence-corrected chi connectivity index (χ3v) is 14.1. The van der Waals surface area contributed by atoms with Crippen molar-refractivity contribution < 1.29 is 90.8 Å². The molecule has 2 heterocycles. The predicted octanol–water partition coefficient (Wildman–Crippen LogP) is 3.61. The van der Waals surface area contributed by atoms with Gasteiger partial charge in [-0.15, -0.1) is 0 Å². The van der Waals surface area contributed by atoms with Crippen molar-refractivity contribution in [1.29, 1.82) is 0 Å².